The fraction of sp³-hybridized carbons (Fsp3) is 0.0500. The van der Waals surface area contributed by atoms with Crippen LogP contribution in [0.25, 0.3) is 0 Å². The van der Waals surface area contributed by atoms with Crippen molar-refractivity contribution in [2.75, 3.05) is 5.32 Å². The summed E-state index contributed by atoms with van der Waals surface area (Å²) >= 11 is 3.45. The molecule has 1 amide bonds. The first kappa shape index (κ1) is 16.3. The molecule has 3 aromatic carbocycles. The molecule has 0 bridgehead atoms. The van der Waals surface area contributed by atoms with Crippen LogP contribution in [0.2, 0.25) is 0 Å². The molecule has 0 unspecified atom stereocenters. The number of ether oxygens (including phenoxy) is 1. The van der Waals surface area contributed by atoms with Gasteiger partial charge in [0.25, 0.3) is 5.91 Å². The van der Waals surface area contributed by atoms with Crippen molar-refractivity contribution in [3.63, 3.8) is 0 Å². The van der Waals surface area contributed by atoms with Crippen molar-refractivity contribution in [2.45, 2.75) is 6.92 Å². The molecule has 4 heteroatoms. The van der Waals surface area contributed by atoms with E-state index in [4.69, 9.17) is 4.74 Å². The summed E-state index contributed by atoms with van der Waals surface area (Å²) in [5, 5.41) is 2.89. The van der Waals surface area contributed by atoms with Crippen molar-refractivity contribution in [3.05, 3.63) is 88.4 Å². The second-order valence-corrected chi connectivity index (χ2v) is 6.21. The van der Waals surface area contributed by atoms with Crippen LogP contribution >= 0.6 is 15.9 Å². The van der Waals surface area contributed by atoms with Gasteiger partial charge in [-0.1, -0.05) is 34.1 Å². The van der Waals surface area contributed by atoms with Gasteiger partial charge in [0.1, 0.15) is 11.5 Å². The highest BCUT2D eigenvalue weighted by Gasteiger charge is 2.07. The van der Waals surface area contributed by atoms with Crippen LogP contribution in [0.1, 0.15) is 15.9 Å². The lowest BCUT2D eigenvalue weighted by Gasteiger charge is -2.09. The number of aryl methyl sites for hydroxylation is 1. The summed E-state index contributed by atoms with van der Waals surface area (Å²) < 4.78 is 6.74. The highest BCUT2D eigenvalue weighted by atomic mass is 79.9. The fourth-order valence-electron chi connectivity index (χ4n) is 2.22. The molecule has 0 heterocycles. The summed E-state index contributed by atoms with van der Waals surface area (Å²) in [4.78, 5) is 12.3. The smallest absolute Gasteiger partial charge is 0.255 e. The molecule has 0 fully saturated rings. The van der Waals surface area contributed by atoms with Crippen LogP contribution in [0.5, 0.6) is 11.5 Å². The number of carbonyl (C=O) groups is 1. The number of rotatable bonds is 4. The van der Waals surface area contributed by atoms with Crippen molar-refractivity contribution in [3.8, 4) is 11.5 Å². The molecular weight excluding hydrogens is 366 g/mol. The molecule has 3 rings (SSSR count). The number of hydrogen-bond acceptors (Lipinski definition) is 2. The second kappa shape index (κ2) is 7.32. The Balaban J connectivity index is 1.68. The van der Waals surface area contributed by atoms with E-state index < -0.39 is 0 Å². The first-order chi connectivity index (χ1) is 11.6. The number of anilines is 1. The summed E-state index contributed by atoms with van der Waals surface area (Å²) in [5.41, 5.74) is 2.42. The van der Waals surface area contributed by atoms with Gasteiger partial charge in [-0.15, -0.1) is 0 Å². The predicted octanol–water partition coefficient (Wildman–Crippen LogP) is 5.80. The van der Waals surface area contributed by atoms with Gasteiger partial charge in [0, 0.05) is 15.7 Å². The molecule has 3 nitrogen and oxygen atoms in total. The lowest BCUT2D eigenvalue weighted by atomic mass is 10.2. The van der Waals surface area contributed by atoms with E-state index >= 15 is 0 Å². The highest BCUT2D eigenvalue weighted by Crippen LogP contribution is 2.23. The second-order valence-electron chi connectivity index (χ2n) is 5.36. The predicted molar refractivity (Wildman–Crippen MR) is 99.8 cm³/mol. The molecule has 0 saturated heterocycles. The first-order valence-electron chi connectivity index (χ1n) is 7.52. The van der Waals surface area contributed by atoms with E-state index in [-0.39, 0.29) is 5.91 Å². The molecular formula is C20H16BrNO2. The Labute approximate surface area is 149 Å². The van der Waals surface area contributed by atoms with Crippen LogP contribution in [-0.4, -0.2) is 5.91 Å². The van der Waals surface area contributed by atoms with Gasteiger partial charge in [-0.2, -0.15) is 0 Å². The molecule has 3 aromatic rings. The van der Waals surface area contributed by atoms with Gasteiger partial charge in [0.05, 0.1) is 0 Å². The van der Waals surface area contributed by atoms with Gasteiger partial charge in [0.15, 0.2) is 0 Å². The fourth-order valence-corrected chi connectivity index (χ4v) is 2.47. The van der Waals surface area contributed by atoms with Crippen LogP contribution in [0.4, 0.5) is 5.69 Å². The minimum Gasteiger partial charge on any atom is -0.457 e. The largest absolute Gasteiger partial charge is 0.457 e. The average Bonchev–Trinajstić information content (AvgIpc) is 2.60. The van der Waals surface area contributed by atoms with Crippen molar-refractivity contribution < 1.29 is 9.53 Å². The van der Waals surface area contributed by atoms with Crippen LogP contribution < -0.4 is 10.1 Å². The zero-order chi connectivity index (χ0) is 16.9. The standard InChI is InChI=1S/C20H16BrNO2/c1-14-13-16(9-12-19(14)21)22-20(23)15-7-10-18(11-8-15)24-17-5-3-2-4-6-17/h2-13H,1H3,(H,22,23). The zero-order valence-electron chi connectivity index (χ0n) is 13.1. The molecule has 0 aromatic heterocycles. The normalized spacial score (nSPS) is 10.2. The molecule has 1 N–H and O–H groups in total. The van der Waals surface area contributed by atoms with Crippen LogP contribution in [0.15, 0.2) is 77.3 Å². The highest BCUT2D eigenvalue weighted by molar-refractivity contribution is 9.10. The van der Waals surface area contributed by atoms with E-state index in [0.29, 0.717) is 11.3 Å². The van der Waals surface area contributed by atoms with E-state index in [9.17, 15) is 4.79 Å². The summed E-state index contributed by atoms with van der Waals surface area (Å²) in [7, 11) is 0. The molecule has 0 atom stereocenters. The Kier molecular flexibility index (Phi) is 4.96. The summed E-state index contributed by atoms with van der Waals surface area (Å²) in [6, 6.07) is 22.3. The van der Waals surface area contributed by atoms with Gasteiger partial charge >= 0.3 is 0 Å². The topological polar surface area (TPSA) is 38.3 Å². The Morgan fingerprint density at radius 3 is 2.25 bits per heavy atom. The monoisotopic (exact) mass is 381 g/mol. The van der Waals surface area contributed by atoms with Crippen LogP contribution in [-0.2, 0) is 0 Å². The third-order valence-electron chi connectivity index (χ3n) is 3.51. The molecule has 120 valence electrons. The van der Waals surface area contributed by atoms with Gasteiger partial charge in [-0.25, -0.2) is 0 Å². The molecule has 0 spiro atoms. The van der Waals surface area contributed by atoms with E-state index in [1.165, 1.54) is 0 Å². The van der Waals surface area contributed by atoms with Crippen molar-refractivity contribution in [2.24, 2.45) is 0 Å². The number of halogens is 1. The number of amides is 1. The third kappa shape index (κ3) is 4.03. The number of carbonyl (C=O) groups excluding carboxylic acids is 1. The quantitative estimate of drug-likeness (QED) is 0.619. The Hall–Kier alpha value is -2.59. The SMILES string of the molecule is Cc1cc(NC(=O)c2ccc(Oc3ccccc3)cc2)ccc1Br. The first-order valence-corrected chi connectivity index (χ1v) is 8.31. The van der Waals surface area contributed by atoms with Crippen molar-refractivity contribution in [1.29, 1.82) is 0 Å². The molecule has 0 aliphatic carbocycles. The lowest BCUT2D eigenvalue weighted by Crippen LogP contribution is -2.11. The molecule has 0 saturated carbocycles. The van der Waals surface area contributed by atoms with E-state index in [1.54, 1.807) is 24.3 Å². The Morgan fingerprint density at radius 1 is 0.917 bits per heavy atom. The third-order valence-corrected chi connectivity index (χ3v) is 4.40. The van der Waals surface area contributed by atoms with Crippen molar-refractivity contribution >= 4 is 27.5 Å². The average molecular weight is 382 g/mol. The van der Waals surface area contributed by atoms with Gasteiger partial charge in [-0.05, 0) is 67.1 Å². The number of benzene rings is 3. The molecule has 0 aliphatic heterocycles. The number of para-hydroxylation sites is 1. The Bertz CT molecular complexity index is 845. The number of hydrogen-bond donors (Lipinski definition) is 1. The maximum absolute atomic E-state index is 12.3. The molecule has 0 radical (unpaired) electrons. The summed E-state index contributed by atoms with van der Waals surface area (Å²) in [6.07, 6.45) is 0. The van der Waals surface area contributed by atoms with Gasteiger partial charge < -0.3 is 10.1 Å². The van der Waals surface area contributed by atoms with Gasteiger partial charge in [0.2, 0.25) is 0 Å². The number of nitrogens with one attached hydrogen (secondary N) is 1. The zero-order valence-corrected chi connectivity index (χ0v) is 14.7. The van der Waals surface area contributed by atoms with E-state index in [2.05, 4.69) is 21.2 Å². The summed E-state index contributed by atoms with van der Waals surface area (Å²) in [5.74, 6) is 1.31. The maximum atomic E-state index is 12.3. The lowest BCUT2D eigenvalue weighted by molar-refractivity contribution is 0.102. The molecule has 24 heavy (non-hydrogen) atoms. The Morgan fingerprint density at radius 2 is 1.58 bits per heavy atom. The van der Waals surface area contributed by atoms with E-state index in [1.807, 2.05) is 55.5 Å². The van der Waals surface area contributed by atoms with E-state index in [0.717, 1.165) is 21.5 Å². The minimum atomic E-state index is -0.150. The minimum absolute atomic E-state index is 0.150. The van der Waals surface area contributed by atoms with Crippen LogP contribution in [0.3, 0.4) is 0 Å². The van der Waals surface area contributed by atoms with Crippen molar-refractivity contribution in [1.82, 2.24) is 0 Å². The van der Waals surface area contributed by atoms with Crippen LogP contribution in [0, 0.1) is 6.92 Å². The maximum Gasteiger partial charge on any atom is 0.255 e. The summed E-state index contributed by atoms with van der Waals surface area (Å²) in [6.45, 7) is 1.98. The van der Waals surface area contributed by atoms with Gasteiger partial charge in [-0.3, -0.25) is 4.79 Å². The molecule has 0 aliphatic rings.